The zero-order chi connectivity index (χ0) is 18.8. The standard InChI is InChI=1S/C18H19N7OS/c1-12-14(27-11-19-12)10-25(9-13-7-5-4-6-8-13)18-17(24(2)3)20-15-16(21-18)23-26-22-15/h4-8,11H,9-10H2,1-3H3. The Bertz CT molecular complexity index is 1040. The number of thiazole rings is 1. The van der Waals surface area contributed by atoms with Gasteiger partial charge in [-0.3, -0.25) is 0 Å². The molecule has 0 fully saturated rings. The third kappa shape index (κ3) is 3.59. The van der Waals surface area contributed by atoms with Crippen LogP contribution < -0.4 is 9.80 Å². The molecular weight excluding hydrogens is 362 g/mol. The Kier molecular flexibility index (Phi) is 4.68. The summed E-state index contributed by atoms with van der Waals surface area (Å²) in [6, 6.07) is 10.3. The van der Waals surface area contributed by atoms with Gasteiger partial charge in [-0.15, -0.1) is 11.3 Å². The second-order valence-electron chi connectivity index (χ2n) is 6.38. The molecule has 0 aliphatic carbocycles. The lowest BCUT2D eigenvalue weighted by atomic mass is 10.2. The maximum atomic E-state index is 4.81. The second kappa shape index (κ2) is 7.28. The number of nitrogens with zero attached hydrogens (tertiary/aromatic N) is 7. The lowest BCUT2D eigenvalue weighted by Gasteiger charge is -2.27. The number of benzene rings is 1. The maximum absolute atomic E-state index is 4.81. The molecule has 9 heteroatoms. The van der Waals surface area contributed by atoms with Gasteiger partial charge in [0.15, 0.2) is 11.6 Å². The highest BCUT2D eigenvalue weighted by Gasteiger charge is 2.21. The topological polar surface area (TPSA) is 84.1 Å². The van der Waals surface area contributed by atoms with Crippen molar-refractivity contribution in [1.29, 1.82) is 0 Å². The average Bonchev–Trinajstić information content (AvgIpc) is 3.29. The van der Waals surface area contributed by atoms with E-state index < -0.39 is 0 Å². The Balaban J connectivity index is 1.80. The van der Waals surface area contributed by atoms with Crippen molar-refractivity contribution < 1.29 is 4.63 Å². The van der Waals surface area contributed by atoms with Crippen LogP contribution in [0.3, 0.4) is 0 Å². The SMILES string of the molecule is Cc1ncsc1CN(Cc1ccccc1)c1nc2nonc2nc1N(C)C. The first-order chi connectivity index (χ1) is 13.1. The van der Waals surface area contributed by atoms with E-state index in [4.69, 9.17) is 9.61 Å². The van der Waals surface area contributed by atoms with Crippen molar-refractivity contribution in [2.24, 2.45) is 0 Å². The van der Waals surface area contributed by atoms with Gasteiger partial charge in [-0.25, -0.2) is 19.6 Å². The molecule has 0 spiro atoms. The predicted octanol–water partition coefficient (Wildman–Crippen LogP) is 3.05. The van der Waals surface area contributed by atoms with Gasteiger partial charge in [0.1, 0.15) is 0 Å². The summed E-state index contributed by atoms with van der Waals surface area (Å²) < 4.78 is 4.81. The van der Waals surface area contributed by atoms with E-state index in [-0.39, 0.29) is 0 Å². The first-order valence-corrected chi connectivity index (χ1v) is 9.35. The summed E-state index contributed by atoms with van der Waals surface area (Å²) in [6.45, 7) is 3.39. The van der Waals surface area contributed by atoms with E-state index in [1.54, 1.807) is 11.3 Å². The number of aryl methyl sites for hydroxylation is 1. The highest BCUT2D eigenvalue weighted by molar-refractivity contribution is 7.09. The Hall–Kier alpha value is -3.07. The molecule has 4 rings (SSSR count). The molecule has 0 radical (unpaired) electrons. The third-order valence-corrected chi connectivity index (χ3v) is 5.12. The van der Waals surface area contributed by atoms with Gasteiger partial charge >= 0.3 is 0 Å². The van der Waals surface area contributed by atoms with Crippen molar-refractivity contribution in [3.63, 3.8) is 0 Å². The molecule has 1 aromatic carbocycles. The fourth-order valence-corrected chi connectivity index (χ4v) is 3.59. The van der Waals surface area contributed by atoms with Gasteiger partial charge in [-0.05, 0) is 22.8 Å². The normalized spacial score (nSPS) is 11.1. The van der Waals surface area contributed by atoms with E-state index in [0.29, 0.717) is 24.4 Å². The molecule has 27 heavy (non-hydrogen) atoms. The van der Waals surface area contributed by atoms with Crippen LogP contribution in [-0.2, 0) is 13.1 Å². The fourth-order valence-electron chi connectivity index (χ4n) is 2.79. The van der Waals surface area contributed by atoms with Crippen molar-refractivity contribution in [1.82, 2.24) is 25.3 Å². The van der Waals surface area contributed by atoms with Crippen LogP contribution in [0.5, 0.6) is 0 Å². The van der Waals surface area contributed by atoms with Gasteiger partial charge in [-0.2, -0.15) is 0 Å². The first kappa shape index (κ1) is 17.3. The van der Waals surface area contributed by atoms with Crippen LogP contribution in [0.25, 0.3) is 11.3 Å². The maximum Gasteiger partial charge on any atom is 0.245 e. The molecular formula is C18H19N7OS. The zero-order valence-electron chi connectivity index (χ0n) is 15.3. The zero-order valence-corrected chi connectivity index (χ0v) is 16.1. The minimum Gasteiger partial charge on any atom is -0.360 e. The van der Waals surface area contributed by atoms with E-state index in [0.717, 1.165) is 17.3 Å². The number of hydrogen-bond donors (Lipinski definition) is 0. The summed E-state index contributed by atoms with van der Waals surface area (Å²) >= 11 is 1.64. The molecule has 8 nitrogen and oxygen atoms in total. The van der Waals surface area contributed by atoms with E-state index in [9.17, 15) is 0 Å². The first-order valence-electron chi connectivity index (χ1n) is 8.47. The van der Waals surface area contributed by atoms with E-state index in [1.165, 1.54) is 10.4 Å². The monoisotopic (exact) mass is 381 g/mol. The average molecular weight is 381 g/mol. The fraction of sp³-hybridized carbons (Fsp3) is 0.278. The summed E-state index contributed by atoms with van der Waals surface area (Å²) in [4.78, 5) is 19.0. The van der Waals surface area contributed by atoms with Crippen LogP contribution in [0, 0.1) is 6.92 Å². The van der Waals surface area contributed by atoms with Gasteiger partial charge in [0, 0.05) is 25.5 Å². The summed E-state index contributed by atoms with van der Waals surface area (Å²) in [5.41, 5.74) is 4.88. The number of anilines is 2. The molecule has 138 valence electrons. The van der Waals surface area contributed by atoms with Crippen LogP contribution in [0.2, 0.25) is 0 Å². The number of rotatable bonds is 6. The number of fused-ring (bicyclic) bond motifs is 1. The van der Waals surface area contributed by atoms with Crippen molar-refractivity contribution in [3.05, 3.63) is 52.0 Å². The molecule has 0 aliphatic rings. The van der Waals surface area contributed by atoms with Crippen molar-refractivity contribution >= 4 is 34.3 Å². The van der Waals surface area contributed by atoms with Crippen LogP contribution in [0.4, 0.5) is 11.6 Å². The lowest BCUT2D eigenvalue weighted by Crippen LogP contribution is -2.26. The Labute approximate surface area is 160 Å². The van der Waals surface area contributed by atoms with Gasteiger partial charge in [-0.1, -0.05) is 30.3 Å². The minimum absolute atomic E-state index is 0.398. The van der Waals surface area contributed by atoms with Crippen LogP contribution >= 0.6 is 11.3 Å². The van der Waals surface area contributed by atoms with Gasteiger partial charge < -0.3 is 9.80 Å². The van der Waals surface area contributed by atoms with Gasteiger partial charge in [0.25, 0.3) is 0 Å². The van der Waals surface area contributed by atoms with Gasteiger partial charge in [0.05, 0.1) is 17.7 Å². The highest BCUT2D eigenvalue weighted by atomic mass is 32.1. The largest absolute Gasteiger partial charge is 0.360 e. The van der Waals surface area contributed by atoms with E-state index >= 15 is 0 Å². The molecule has 0 saturated heterocycles. The van der Waals surface area contributed by atoms with E-state index in [1.807, 2.05) is 49.6 Å². The molecule has 0 atom stereocenters. The van der Waals surface area contributed by atoms with Gasteiger partial charge in [0.2, 0.25) is 11.3 Å². The molecule has 0 aliphatic heterocycles. The molecule has 0 bridgehead atoms. The summed E-state index contributed by atoms with van der Waals surface area (Å²) in [5.74, 6) is 1.45. The molecule has 3 aromatic heterocycles. The number of aromatic nitrogens is 5. The molecule has 0 unspecified atom stereocenters. The molecule has 4 aromatic rings. The molecule has 0 amide bonds. The van der Waals surface area contributed by atoms with Crippen LogP contribution in [-0.4, -0.2) is 39.4 Å². The molecule has 0 saturated carbocycles. The quantitative estimate of drug-likeness (QED) is 0.504. The Morgan fingerprint density at radius 1 is 0.963 bits per heavy atom. The second-order valence-corrected chi connectivity index (χ2v) is 7.32. The summed E-state index contributed by atoms with van der Waals surface area (Å²) in [6.07, 6.45) is 0. The van der Waals surface area contributed by atoms with Crippen LogP contribution in [0.15, 0.2) is 40.5 Å². The third-order valence-electron chi connectivity index (χ3n) is 4.20. The predicted molar refractivity (Wildman–Crippen MR) is 105 cm³/mol. The summed E-state index contributed by atoms with van der Waals surface area (Å²) in [7, 11) is 3.87. The minimum atomic E-state index is 0.398. The Morgan fingerprint density at radius 3 is 2.30 bits per heavy atom. The smallest absolute Gasteiger partial charge is 0.245 e. The highest BCUT2D eigenvalue weighted by Crippen LogP contribution is 2.29. The lowest BCUT2D eigenvalue weighted by molar-refractivity contribution is 0.314. The van der Waals surface area contributed by atoms with Crippen molar-refractivity contribution in [2.45, 2.75) is 20.0 Å². The van der Waals surface area contributed by atoms with Crippen molar-refractivity contribution in [2.75, 3.05) is 23.9 Å². The number of hydrogen-bond acceptors (Lipinski definition) is 9. The summed E-state index contributed by atoms with van der Waals surface area (Å²) in [5, 5.41) is 7.69. The van der Waals surface area contributed by atoms with Crippen LogP contribution in [0.1, 0.15) is 16.1 Å². The molecule has 3 heterocycles. The van der Waals surface area contributed by atoms with E-state index in [2.05, 4.69) is 37.3 Å². The Morgan fingerprint density at radius 2 is 1.67 bits per heavy atom. The van der Waals surface area contributed by atoms with Crippen molar-refractivity contribution in [3.8, 4) is 0 Å². The molecule has 0 N–H and O–H groups in total.